The van der Waals surface area contributed by atoms with Crippen molar-refractivity contribution in [1.82, 2.24) is 0 Å². The molecule has 4 aromatic carbocycles. The molecule has 0 heterocycles. The molecule has 0 amide bonds. The van der Waals surface area contributed by atoms with Crippen molar-refractivity contribution in [2.75, 3.05) is 14.2 Å². The average Bonchev–Trinajstić information content (AvgIpc) is 2.95. The molecule has 0 atom stereocenters. The lowest BCUT2D eigenvalue weighted by atomic mass is 10.1. The van der Waals surface area contributed by atoms with E-state index in [1.807, 2.05) is 60.7 Å². The van der Waals surface area contributed by atoms with Gasteiger partial charge in [0.05, 0.1) is 14.2 Å². The van der Waals surface area contributed by atoms with E-state index < -0.39 is 11.9 Å². The second-order valence-electron chi connectivity index (χ2n) is 7.83. The number of esters is 1. The average molecular weight is 517 g/mol. The predicted molar refractivity (Wildman–Crippen MR) is 141 cm³/mol. The zero-order valence-electron chi connectivity index (χ0n) is 21.0. The van der Waals surface area contributed by atoms with Crippen LogP contribution in [0.3, 0.4) is 0 Å². The molecule has 4 rings (SSSR count). The molecule has 0 spiro atoms. The van der Waals surface area contributed by atoms with Crippen LogP contribution in [0.4, 0.5) is 0 Å². The number of ether oxygens (including phenoxy) is 4. The number of carboxylic acids is 1. The van der Waals surface area contributed by atoms with Gasteiger partial charge in [-0.15, -0.1) is 0 Å². The number of hydrogen-bond donors (Lipinski definition) is 2. The lowest BCUT2D eigenvalue weighted by molar-refractivity contribution is 0.0463. The van der Waals surface area contributed by atoms with Crippen LogP contribution in [0, 0.1) is 0 Å². The van der Waals surface area contributed by atoms with E-state index in [0.29, 0.717) is 23.7 Å². The number of carbonyl (C=O) groups is 2. The van der Waals surface area contributed by atoms with Gasteiger partial charge in [-0.2, -0.15) is 0 Å². The van der Waals surface area contributed by atoms with Crippen LogP contribution in [0.15, 0.2) is 97.1 Å². The number of hydrogen-bond acceptors (Lipinski definition) is 7. The van der Waals surface area contributed by atoms with Gasteiger partial charge in [-0.05, 0) is 35.4 Å². The van der Waals surface area contributed by atoms with Crippen LogP contribution >= 0.6 is 0 Å². The summed E-state index contributed by atoms with van der Waals surface area (Å²) >= 11 is 0. The first-order valence-corrected chi connectivity index (χ1v) is 11.6. The maximum atomic E-state index is 12.6. The van der Waals surface area contributed by atoms with Crippen LogP contribution in [0.5, 0.6) is 23.0 Å². The van der Waals surface area contributed by atoms with Crippen molar-refractivity contribution in [3.8, 4) is 23.0 Å². The Bertz CT molecular complexity index is 1340. The molecule has 38 heavy (non-hydrogen) atoms. The van der Waals surface area contributed by atoms with E-state index in [0.717, 1.165) is 11.1 Å². The molecule has 8 heteroatoms. The molecule has 0 unspecified atom stereocenters. The summed E-state index contributed by atoms with van der Waals surface area (Å²) in [4.78, 5) is 23.2. The molecule has 196 valence electrons. The van der Waals surface area contributed by atoms with Gasteiger partial charge in [-0.1, -0.05) is 72.8 Å². The SMILES string of the molecule is COc1cccc(O)c1C(=O)O.COc1cccc(OCc2ccccc2)c1C(=O)OCc1ccccc1. The molecule has 0 fully saturated rings. The minimum Gasteiger partial charge on any atom is -0.507 e. The summed E-state index contributed by atoms with van der Waals surface area (Å²) in [5.41, 5.74) is 2.02. The number of phenols is 1. The third-order valence-electron chi connectivity index (χ3n) is 5.30. The van der Waals surface area contributed by atoms with Crippen LogP contribution in [0.25, 0.3) is 0 Å². The first-order chi connectivity index (χ1) is 18.4. The van der Waals surface area contributed by atoms with Crippen LogP contribution in [-0.2, 0) is 18.0 Å². The normalized spacial score (nSPS) is 9.95. The fraction of sp³-hybridized carbons (Fsp3) is 0.133. The maximum Gasteiger partial charge on any atom is 0.346 e. The Balaban J connectivity index is 0.000000279. The lowest BCUT2D eigenvalue weighted by Crippen LogP contribution is -2.10. The first-order valence-electron chi connectivity index (χ1n) is 11.6. The van der Waals surface area contributed by atoms with Gasteiger partial charge in [0.1, 0.15) is 47.3 Å². The summed E-state index contributed by atoms with van der Waals surface area (Å²) in [5.74, 6) is -0.955. The maximum absolute atomic E-state index is 12.6. The molecule has 0 saturated carbocycles. The van der Waals surface area contributed by atoms with E-state index in [-0.39, 0.29) is 23.7 Å². The zero-order valence-corrected chi connectivity index (χ0v) is 21.0. The number of benzene rings is 4. The highest BCUT2D eigenvalue weighted by molar-refractivity contribution is 5.95. The topological polar surface area (TPSA) is 112 Å². The highest BCUT2D eigenvalue weighted by Gasteiger charge is 2.20. The van der Waals surface area contributed by atoms with Crippen molar-refractivity contribution in [2.45, 2.75) is 13.2 Å². The predicted octanol–water partition coefficient (Wildman–Crippen LogP) is 5.73. The summed E-state index contributed by atoms with van der Waals surface area (Å²) in [7, 11) is 2.87. The highest BCUT2D eigenvalue weighted by atomic mass is 16.5. The molecule has 0 aliphatic carbocycles. The van der Waals surface area contributed by atoms with Crippen LogP contribution in [0.1, 0.15) is 31.8 Å². The zero-order chi connectivity index (χ0) is 27.3. The number of carboxylic acid groups (broad SMARTS) is 1. The Morgan fingerprint density at radius 1 is 0.632 bits per heavy atom. The molecule has 0 aliphatic rings. The standard InChI is InChI=1S/C22H20O4.C8H8O4/c1-24-19-13-8-14-20(25-15-17-9-4-2-5-10-17)21(19)22(23)26-16-18-11-6-3-7-12-18;1-12-6-4-2-3-5(9)7(6)8(10)11/h2-14H,15-16H2,1H3;2-4,9H,1H3,(H,10,11). The number of rotatable bonds is 9. The molecule has 0 aliphatic heterocycles. The van der Waals surface area contributed by atoms with Gasteiger partial charge in [-0.25, -0.2) is 9.59 Å². The Morgan fingerprint density at radius 2 is 1.13 bits per heavy atom. The molecule has 0 bridgehead atoms. The van der Waals surface area contributed by atoms with Crippen molar-refractivity contribution in [3.63, 3.8) is 0 Å². The molecule has 2 N–H and O–H groups in total. The van der Waals surface area contributed by atoms with Gasteiger partial charge in [0.2, 0.25) is 0 Å². The molecule has 4 aromatic rings. The largest absolute Gasteiger partial charge is 0.507 e. The van der Waals surface area contributed by atoms with E-state index in [1.54, 1.807) is 18.2 Å². The summed E-state index contributed by atoms with van der Waals surface area (Å²) in [6.07, 6.45) is 0. The fourth-order valence-electron chi connectivity index (χ4n) is 3.44. The minimum atomic E-state index is -1.20. The molecule has 0 radical (unpaired) electrons. The molecular weight excluding hydrogens is 488 g/mol. The van der Waals surface area contributed by atoms with Crippen LogP contribution in [-0.4, -0.2) is 36.4 Å². The summed E-state index contributed by atoms with van der Waals surface area (Å²) in [6.45, 7) is 0.544. The second-order valence-corrected chi connectivity index (χ2v) is 7.83. The van der Waals surface area contributed by atoms with E-state index in [9.17, 15) is 9.59 Å². The molecule has 8 nitrogen and oxygen atoms in total. The van der Waals surface area contributed by atoms with E-state index in [2.05, 4.69) is 0 Å². The van der Waals surface area contributed by atoms with Gasteiger partial charge in [0.25, 0.3) is 0 Å². The third-order valence-corrected chi connectivity index (χ3v) is 5.30. The van der Waals surface area contributed by atoms with E-state index in [1.165, 1.54) is 32.4 Å². The van der Waals surface area contributed by atoms with Crippen molar-refractivity contribution >= 4 is 11.9 Å². The summed E-state index contributed by atoms with van der Waals surface area (Å²) in [6, 6.07) is 28.8. The Kier molecular flexibility index (Phi) is 10.1. The Labute approximate surface area is 220 Å². The van der Waals surface area contributed by atoms with Crippen molar-refractivity contribution in [2.24, 2.45) is 0 Å². The lowest BCUT2D eigenvalue weighted by Gasteiger charge is -2.14. The quantitative estimate of drug-likeness (QED) is 0.271. The first kappa shape index (κ1) is 27.6. The van der Waals surface area contributed by atoms with Crippen LogP contribution in [0.2, 0.25) is 0 Å². The monoisotopic (exact) mass is 516 g/mol. The highest BCUT2D eigenvalue weighted by Crippen LogP contribution is 2.30. The number of carbonyl (C=O) groups excluding carboxylic acids is 1. The summed E-state index contributed by atoms with van der Waals surface area (Å²) in [5, 5.41) is 17.8. The number of aromatic hydroxyl groups is 1. The van der Waals surface area contributed by atoms with Crippen molar-refractivity contribution in [3.05, 3.63) is 119 Å². The summed E-state index contributed by atoms with van der Waals surface area (Å²) < 4.78 is 21.4. The van der Waals surface area contributed by atoms with Gasteiger partial charge in [0, 0.05) is 0 Å². The number of methoxy groups -OCH3 is 2. The molecule has 0 saturated heterocycles. The number of aromatic carboxylic acids is 1. The smallest absolute Gasteiger partial charge is 0.346 e. The van der Waals surface area contributed by atoms with Crippen molar-refractivity contribution in [1.29, 1.82) is 0 Å². The van der Waals surface area contributed by atoms with Gasteiger partial charge in [0.15, 0.2) is 0 Å². The molecule has 0 aromatic heterocycles. The second kappa shape index (κ2) is 13.9. The third kappa shape index (κ3) is 7.51. The minimum absolute atomic E-state index is 0.155. The van der Waals surface area contributed by atoms with E-state index >= 15 is 0 Å². The van der Waals surface area contributed by atoms with E-state index in [4.69, 9.17) is 29.2 Å². The fourth-order valence-corrected chi connectivity index (χ4v) is 3.44. The molecular formula is C30H28O8. The van der Waals surface area contributed by atoms with Gasteiger partial charge < -0.3 is 29.2 Å². The Morgan fingerprint density at radius 3 is 1.66 bits per heavy atom. The van der Waals surface area contributed by atoms with Gasteiger partial charge >= 0.3 is 11.9 Å². The Hall–Kier alpha value is -4.98. The van der Waals surface area contributed by atoms with Gasteiger partial charge in [-0.3, -0.25) is 0 Å². The van der Waals surface area contributed by atoms with Crippen molar-refractivity contribution < 1.29 is 38.7 Å². The van der Waals surface area contributed by atoms with Crippen LogP contribution < -0.4 is 14.2 Å².